The summed E-state index contributed by atoms with van der Waals surface area (Å²) in [5, 5.41) is 10.1. The molecule has 3 heteroatoms. The van der Waals surface area contributed by atoms with Gasteiger partial charge in [0, 0.05) is 17.3 Å². The zero-order valence-electron chi connectivity index (χ0n) is 12.0. The summed E-state index contributed by atoms with van der Waals surface area (Å²) in [5.74, 6) is 0.815. The molecule has 1 unspecified atom stereocenters. The Bertz CT molecular complexity index is 612. The number of hydrogen-bond donors (Lipinski definition) is 1. The topological polar surface area (TPSA) is 46.0 Å². The van der Waals surface area contributed by atoms with Gasteiger partial charge in [0.15, 0.2) is 0 Å². The number of aryl methyl sites for hydroxylation is 3. The Labute approximate surface area is 119 Å². The zero-order valence-corrected chi connectivity index (χ0v) is 12.0. The summed E-state index contributed by atoms with van der Waals surface area (Å²) in [5.41, 5.74) is 3.43. The Morgan fingerprint density at radius 3 is 2.55 bits per heavy atom. The van der Waals surface area contributed by atoms with Crippen molar-refractivity contribution < 1.29 is 5.11 Å². The molecule has 1 aromatic carbocycles. The van der Waals surface area contributed by atoms with Gasteiger partial charge in [0.1, 0.15) is 5.82 Å². The molecule has 0 spiro atoms. The van der Waals surface area contributed by atoms with E-state index in [1.807, 2.05) is 38.2 Å². The monoisotopic (exact) mass is 268 g/mol. The average Bonchev–Trinajstić information content (AvgIpc) is 3.11. The maximum Gasteiger partial charge on any atom is 0.125 e. The van der Waals surface area contributed by atoms with Gasteiger partial charge in [-0.3, -0.25) is 0 Å². The molecule has 1 heterocycles. The average molecular weight is 268 g/mol. The Balaban J connectivity index is 1.77. The number of rotatable bonds is 4. The number of benzene rings is 1. The Hall–Kier alpha value is -1.74. The summed E-state index contributed by atoms with van der Waals surface area (Å²) < 4.78 is 0. The Morgan fingerprint density at radius 1 is 1.25 bits per heavy atom. The van der Waals surface area contributed by atoms with E-state index in [0.717, 1.165) is 30.8 Å². The molecule has 0 amide bonds. The molecule has 2 aromatic rings. The second-order valence-corrected chi connectivity index (χ2v) is 5.77. The summed E-state index contributed by atoms with van der Waals surface area (Å²) in [6, 6.07) is 10.3. The molecule has 0 aliphatic heterocycles. The highest BCUT2D eigenvalue weighted by Crippen LogP contribution is 2.51. The van der Waals surface area contributed by atoms with Crippen molar-refractivity contribution >= 4 is 0 Å². The van der Waals surface area contributed by atoms with Gasteiger partial charge in [0.2, 0.25) is 0 Å². The second kappa shape index (κ2) is 4.98. The van der Waals surface area contributed by atoms with E-state index in [0.29, 0.717) is 0 Å². The minimum absolute atomic E-state index is 0.0570. The molecule has 2 atom stereocenters. The molecular formula is C17H20N2O. The molecular weight excluding hydrogens is 248 g/mol. The smallest absolute Gasteiger partial charge is 0.125 e. The molecule has 0 saturated heterocycles. The van der Waals surface area contributed by atoms with E-state index in [9.17, 15) is 5.11 Å². The highest BCUT2D eigenvalue weighted by atomic mass is 16.3. The molecule has 3 rings (SSSR count). The number of hydrogen-bond acceptors (Lipinski definition) is 3. The van der Waals surface area contributed by atoms with E-state index in [4.69, 9.17) is 0 Å². The van der Waals surface area contributed by atoms with Crippen LogP contribution >= 0.6 is 0 Å². The van der Waals surface area contributed by atoms with Crippen molar-refractivity contribution in [2.75, 3.05) is 0 Å². The van der Waals surface area contributed by atoms with Crippen LogP contribution in [-0.2, 0) is 11.8 Å². The molecule has 1 aliphatic rings. The van der Waals surface area contributed by atoms with Crippen LogP contribution in [0.15, 0.2) is 36.5 Å². The molecule has 1 fully saturated rings. The maximum atomic E-state index is 10.1. The van der Waals surface area contributed by atoms with Crippen LogP contribution in [0.4, 0.5) is 0 Å². The standard InChI is InChI=1S/C17H20N2O/c1-12-14(11-18-13(2)19-12)8-9-17(10-16(17)20)15-6-4-3-5-7-15/h3-7,11,16,20H,8-10H2,1-2H3/t16?,17-/m0/s1. The van der Waals surface area contributed by atoms with Crippen LogP contribution in [0, 0.1) is 13.8 Å². The van der Waals surface area contributed by atoms with E-state index in [-0.39, 0.29) is 11.5 Å². The lowest BCUT2D eigenvalue weighted by atomic mass is 9.89. The fraction of sp³-hybridized carbons (Fsp3) is 0.412. The van der Waals surface area contributed by atoms with Gasteiger partial charge >= 0.3 is 0 Å². The predicted molar refractivity (Wildman–Crippen MR) is 78.6 cm³/mol. The third kappa shape index (κ3) is 2.34. The van der Waals surface area contributed by atoms with Crippen LogP contribution in [0.5, 0.6) is 0 Å². The molecule has 20 heavy (non-hydrogen) atoms. The lowest BCUT2D eigenvalue weighted by Gasteiger charge is -2.17. The quantitative estimate of drug-likeness (QED) is 0.927. The minimum Gasteiger partial charge on any atom is -0.392 e. The molecule has 1 saturated carbocycles. The van der Waals surface area contributed by atoms with Gasteiger partial charge in [-0.1, -0.05) is 30.3 Å². The second-order valence-electron chi connectivity index (χ2n) is 5.77. The van der Waals surface area contributed by atoms with Crippen molar-refractivity contribution in [2.24, 2.45) is 0 Å². The van der Waals surface area contributed by atoms with Gasteiger partial charge in [0.05, 0.1) is 6.10 Å². The first-order valence-corrected chi connectivity index (χ1v) is 7.14. The van der Waals surface area contributed by atoms with Crippen molar-refractivity contribution in [1.29, 1.82) is 0 Å². The largest absolute Gasteiger partial charge is 0.392 e. The lowest BCUT2D eigenvalue weighted by Crippen LogP contribution is -2.14. The van der Waals surface area contributed by atoms with Crippen LogP contribution in [0.3, 0.4) is 0 Å². The molecule has 1 aliphatic carbocycles. The molecule has 0 bridgehead atoms. The van der Waals surface area contributed by atoms with E-state index in [2.05, 4.69) is 22.1 Å². The highest BCUT2D eigenvalue weighted by molar-refractivity contribution is 5.35. The SMILES string of the molecule is Cc1ncc(CC[C@@]2(c3ccccc3)CC2O)c(C)n1. The van der Waals surface area contributed by atoms with Crippen LogP contribution in [0.2, 0.25) is 0 Å². The highest BCUT2D eigenvalue weighted by Gasteiger charge is 2.53. The fourth-order valence-electron chi connectivity index (χ4n) is 2.99. The van der Waals surface area contributed by atoms with Crippen molar-refractivity contribution in [3.05, 3.63) is 59.2 Å². The van der Waals surface area contributed by atoms with Crippen molar-refractivity contribution in [1.82, 2.24) is 9.97 Å². The van der Waals surface area contributed by atoms with Gasteiger partial charge in [-0.15, -0.1) is 0 Å². The molecule has 3 nitrogen and oxygen atoms in total. The number of nitrogens with zero attached hydrogens (tertiary/aromatic N) is 2. The number of aromatic nitrogens is 2. The summed E-state index contributed by atoms with van der Waals surface area (Å²) in [6.07, 6.45) is 4.44. The first-order chi connectivity index (χ1) is 9.62. The number of aliphatic hydroxyl groups excluding tert-OH is 1. The molecule has 1 N–H and O–H groups in total. The molecule has 0 radical (unpaired) electrons. The van der Waals surface area contributed by atoms with Gasteiger partial charge in [0.25, 0.3) is 0 Å². The molecule has 1 aromatic heterocycles. The summed E-state index contributed by atoms with van der Waals surface area (Å²) in [4.78, 5) is 8.69. The minimum atomic E-state index is -0.212. The van der Waals surface area contributed by atoms with E-state index < -0.39 is 0 Å². The first kappa shape index (κ1) is 13.3. The lowest BCUT2D eigenvalue weighted by molar-refractivity contribution is 0.243. The Morgan fingerprint density at radius 2 is 1.95 bits per heavy atom. The Kier molecular flexibility index (Phi) is 3.30. The zero-order chi connectivity index (χ0) is 14.2. The number of aliphatic hydroxyl groups is 1. The van der Waals surface area contributed by atoms with Gasteiger partial charge in [-0.2, -0.15) is 0 Å². The van der Waals surface area contributed by atoms with Gasteiger partial charge < -0.3 is 5.11 Å². The van der Waals surface area contributed by atoms with Crippen LogP contribution < -0.4 is 0 Å². The van der Waals surface area contributed by atoms with Crippen LogP contribution in [0.25, 0.3) is 0 Å². The van der Waals surface area contributed by atoms with Crippen LogP contribution in [-0.4, -0.2) is 21.2 Å². The normalized spacial score (nSPS) is 24.6. The molecule has 104 valence electrons. The third-order valence-corrected chi connectivity index (χ3v) is 4.43. The third-order valence-electron chi connectivity index (χ3n) is 4.43. The van der Waals surface area contributed by atoms with Gasteiger partial charge in [-0.05, 0) is 44.2 Å². The van der Waals surface area contributed by atoms with Crippen LogP contribution in [0.1, 0.15) is 35.5 Å². The van der Waals surface area contributed by atoms with Crippen molar-refractivity contribution in [2.45, 2.75) is 44.6 Å². The maximum absolute atomic E-state index is 10.1. The fourth-order valence-corrected chi connectivity index (χ4v) is 2.99. The van der Waals surface area contributed by atoms with E-state index in [1.165, 1.54) is 11.1 Å². The van der Waals surface area contributed by atoms with Crippen molar-refractivity contribution in [3.63, 3.8) is 0 Å². The first-order valence-electron chi connectivity index (χ1n) is 7.14. The van der Waals surface area contributed by atoms with Crippen molar-refractivity contribution in [3.8, 4) is 0 Å². The predicted octanol–water partition coefficient (Wildman–Crippen LogP) is 2.73. The summed E-state index contributed by atoms with van der Waals surface area (Å²) in [6.45, 7) is 3.94. The summed E-state index contributed by atoms with van der Waals surface area (Å²) in [7, 11) is 0. The van der Waals surface area contributed by atoms with E-state index in [1.54, 1.807) is 0 Å². The summed E-state index contributed by atoms with van der Waals surface area (Å²) >= 11 is 0. The van der Waals surface area contributed by atoms with E-state index >= 15 is 0 Å². The van der Waals surface area contributed by atoms with Gasteiger partial charge in [-0.25, -0.2) is 9.97 Å².